The van der Waals surface area contributed by atoms with Gasteiger partial charge in [0.2, 0.25) is 0 Å². The van der Waals surface area contributed by atoms with Crippen molar-refractivity contribution in [3.8, 4) is 0 Å². The van der Waals surface area contributed by atoms with Gasteiger partial charge in [-0.2, -0.15) is 5.06 Å². The molecule has 0 aromatic rings. The highest BCUT2D eigenvalue weighted by Crippen LogP contribution is 2.11. The molecule has 0 saturated carbocycles. The van der Waals surface area contributed by atoms with E-state index in [9.17, 15) is 10.0 Å². The standard InChI is InChI=1S/C10H19NO3/c1-6-7-8(2)11(13)9(12)14-10(3,4)5/h6,8,13H,1,7H2,2-5H3. The molecule has 4 nitrogen and oxygen atoms in total. The fourth-order valence-electron chi connectivity index (χ4n) is 0.830. The zero-order valence-electron chi connectivity index (χ0n) is 9.28. The lowest BCUT2D eigenvalue weighted by molar-refractivity contribution is -0.115. The first kappa shape index (κ1) is 13.0. The molecule has 0 rings (SSSR count). The predicted octanol–water partition coefficient (Wildman–Crippen LogP) is 2.58. The van der Waals surface area contributed by atoms with Crippen LogP contribution < -0.4 is 0 Å². The molecule has 0 radical (unpaired) electrons. The highest BCUT2D eigenvalue weighted by Gasteiger charge is 2.23. The Labute approximate surface area is 85.1 Å². The van der Waals surface area contributed by atoms with Crippen molar-refractivity contribution >= 4 is 6.09 Å². The summed E-state index contributed by atoms with van der Waals surface area (Å²) in [5.41, 5.74) is -0.591. The van der Waals surface area contributed by atoms with Crippen molar-refractivity contribution in [1.82, 2.24) is 5.06 Å². The first-order valence-electron chi connectivity index (χ1n) is 4.60. The molecular weight excluding hydrogens is 182 g/mol. The van der Waals surface area contributed by atoms with E-state index in [0.717, 1.165) is 0 Å². The normalized spacial score (nSPS) is 13.2. The molecule has 1 N–H and O–H groups in total. The molecule has 0 heterocycles. The van der Waals surface area contributed by atoms with Gasteiger partial charge >= 0.3 is 6.09 Å². The van der Waals surface area contributed by atoms with Gasteiger partial charge in [0.25, 0.3) is 0 Å². The molecule has 0 saturated heterocycles. The topological polar surface area (TPSA) is 49.8 Å². The van der Waals surface area contributed by atoms with Gasteiger partial charge in [0.05, 0.1) is 6.04 Å². The zero-order valence-corrected chi connectivity index (χ0v) is 9.28. The number of hydrogen-bond acceptors (Lipinski definition) is 3. The van der Waals surface area contributed by atoms with Crippen LogP contribution in [0.2, 0.25) is 0 Å². The predicted molar refractivity (Wildman–Crippen MR) is 54.1 cm³/mol. The van der Waals surface area contributed by atoms with E-state index in [1.165, 1.54) is 0 Å². The Kier molecular flexibility index (Phi) is 4.63. The van der Waals surface area contributed by atoms with Crippen LogP contribution in [0.3, 0.4) is 0 Å². The second-order valence-electron chi connectivity index (χ2n) is 4.20. The molecule has 1 unspecified atom stereocenters. The molecule has 0 bridgehead atoms. The van der Waals surface area contributed by atoms with Crippen molar-refractivity contribution in [3.63, 3.8) is 0 Å². The average Bonchev–Trinajstić information content (AvgIpc) is 2.00. The molecule has 82 valence electrons. The number of carbonyl (C=O) groups is 1. The Balaban J connectivity index is 4.18. The third-order valence-corrected chi connectivity index (χ3v) is 1.51. The van der Waals surface area contributed by atoms with Crippen molar-refractivity contribution in [2.24, 2.45) is 0 Å². The molecule has 0 aliphatic heterocycles. The van der Waals surface area contributed by atoms with Crippen LogP contribution in [0.4, 0.5) is 4.79 Å². The molecule has 0 aliphatic rings. The minimum atomic E-state index is -0.730. The number of carbonyl (C=O) groups excluding carboxylic acids is 1. The van der Waals surface area contributed by atoms with Gasteiger partial charge in [-0.1, -0.05) is 6.08 Å². The third kappa shape index (κ3) is 4.87. The Morgan fingerprint density at radius 2 is 2.14 bits per heavy atom. The number of hydroxylamine groups is 2. The van der Waals surface area contributed by atoms with Gasteiger partial charge in [-0.3, -0.25) is 5.21 Å². The molecule has 14 heavy (non-hydrogen) atoms. The Morgan fingerprint density at radius 3 is 2.50 bits per heavy atom. The fourth-order valence-corrected chi connectivity index (χ4v) is 0.830. The fraction of sp³-hybridized carbons (Fsp3) is 0.700. The Morgan fingerprint density at radius 1 is 1.64 bits per heavy atom. The number of rotatable bonds is 3. The van der Waals surface area contributed by atoms with Crippen molar-refractivity contribution in [2.45, 2.75) is 45.8 Å². The molecule has 0 aliphatic carbocycles. The number of hydrogen-bond donors (Lipinski definition) is 1. The van der Waals surface area contributed by atoms with Crippen LogP contribution in [0, 0.1) is 0 Å². The quantitative estimate of drug-likeness (QED) is 0.433. The summed E-state index contributed by atoms with van der Waals surface area (Å²) in [5, 5.41) is 9.98. The molecule has 4 heteroatoms. The molecule has 0 aromatic carbocycles. The maximum atomic E-state index is 11.3. The Hall–Kier alpha value is -1.03. The van der Waals surface area contributed by atoms with Crippen LogP contribution in [0.1, 0.15) is 34.1 Å². The van der Waals surface area contributed by atoms with E-state index in [1.807, 2.05) is 0 Å². The van der Waals surface area contributed by atoms with E-state index in [0.29, 0.717) is 11.5 Å². The second-order valence-corrected chi connectivity index (χ2v) is 4.20. The number of ether oxygens (including phenoxy) is 1. The summed E-state index contributed by atoms with van der Waals surface area (Å²) >= 11 is 0. The van der Waals surface area contributed by atoms with Gasteiger partial charge in [-0.25, -0.2) is 4.79 Å². The minimum absolute atomic E-state index is 0.317. The molecular formula is C10H19NO3. The van der Waals surface area contributed by atoms with E-state index in [1.54, 1.807) is 33.8 Å². The molecule has 0 spiro atoms. The highest BCUT2D eigenvalue weighted by molar-refractivity contribution is 5.66. The van der Waals surface area contributed by atoms with Crippen LogP contribution in [0.15, 0.2) is 12.7 Å². The molecule has 1 atom stereocenters. The lowest BCUT2D eigenvalue weighted by Crippen LogP contribution is -2.39. The van der Waals surface area contributed by atoms with Crippen molar-refractivity contribution in [1.29, 1.82) is 0 Å². The van der Waals surface area contributed by atoms with E-state index in [2.05, 4.69) is 6.58 Å². The van der Waals surface area contributed by atoms with Crippen molar-refractivity contribution in [3.05, 3.63) is 12.7 Å². The minimum Gasteiger partial charge on any atom is -0.442 e. The number of nitrogens with zero attached hydrogens (tertiary/aromatic N) is 1. The first-order chi connectivity index (χ1) is 6.28. The van der Waals surface area contributed by atoms with Crippen molar-refractivity contribution < 1.29 is 14.7 Å². The van der Waals surface area contributed by atoms with Crippen LogP contribution >= 0.6 is 0 Å². The van der Waals surface area contributed by atoms with Gasteiger partial charge in [0, 0.05) is 0 Å². The SMILES string of the molecule is C=CCC(C)N(O)C(=O)OC(C)(C)C. The molecule has 0 aromatic heterocycles. The monoisotopic (exact) mass is 201 g/mol. The first-order valence-corrected chi connectivity index (χ1v) is 4.60. The van der Waals surface area contributed by atoms with Gasteiger partial charge in [-0.05, 0) is 34.1 Å². The average molecular weight is 201 g/mol. The van der Waals surface area contributed by atoms with Crippen LogP contribution in [0.5, 0.6) is 0 Å². The van der Waals surface area contributed by atoms with Gasteiger partial charge in [0.1, 0.15) is 5.60 Å². The maximum Gasteiger partial charge on any atom is 0.434 e. The lowest BCUT2D eigenvalue weighted by Gasteiger charge is -2.26. The Bertz CT molecular complexity index is 208. The van der Waals surface area contributed by atoms with E-state index in [4.69, 9.17) is 4.74 Å². The summed E-state index contributed by atoms with van der Waals surface area (Å²) in [6.07, 6.45) is 1.43. The maximum absolute atomic E-state index is 11.3. The van der Waals surface area contributed by atoms with Crippen molar-refractivity contribution in [2.75, 3.05) is 0 Å². The van der Waals surface area contributed by atoms with Crippen LogP contribution in [-0.4, -0.2) is 28.0 Å². The summed E-state index contributed by atoms with van der Waals surface area (Å²) in [4.78, 5) is 11.3. The lowest BCUT2D eigenvalue weighted by atomic mass is 10.2. The van der Waals surface area contributed by atoms with E-state index < -0.39 is 11.7 Å². The molecule has 0 fully saturated rings. The van der Waals surface area contributed by atoms with E-state index in [-0.39, 0.29) is 6.04 Å². The molecule has 1 amide bonds. The summed E-state index contributed by atoms with van der Waals surface area (Å²) in [7, 11) is 0. The van der Waals surface area contributed by atoms with Gasteiger partial charge < -0.3 is 4.74 Å². The highest BCUT2D eigenvalue weighted by atomic mass is 16.6. The third-order valence-electron chi connectivity index (χ3n) is 1.51. The van der Waals surface area contributed by atoms with E-state index >= 15 is 0 Å². The zero-order chi connectivity index (χ0) is 11.4. The van der Waals surface area contributed by atoms with Gasteiger partial charge in [0.15, 0.2) is 0 Å². The largest absolute Gasteiger partial charge is 0.442 e. The van der Waals surface area contributed by atoms with Crippen LogP contribution in [0.25, 0.3) is 0 Å². The summed E-state index contributed by atoms with van der Waals surface area (Å²) in [6.45, 7) is 10.5. The summed E-state index contributed by atoms with van der Waals surface area (Å²) in [5.74, 6) is 0. The van der Waals surface area contributed by atoms with Gasteiger partial charge in [-0.15, -0.1) is 6.58 Å². The summed E-state index contributed by atoms with van der Waals surface area (Å²) in [6, 6.07) is -0.317. The smallest absolute Gasteiger partial charge is 0.434 e. The summed E-state index contributed by atoms with van der Waals surface area (Å²) < 4.78 is 4.97. The number of amides is 1. The second kappa shape index (κ2) is 5.00. The van der Waals surface area contributed by atoms with Crippen LogP contribution in [-0.2, 0) is 4.74 Å².